The number of hydrogen-bond acceptors (Lipinski definition) is 5. The number of pyridine rings is 1. The minimum absolute atomic E-state index is 0.558. The van der Waals surface area contributed by atoms with Crippen LogP contribution in [0.4, 0.5) is 5.69 Å². The Bertz CT molecular complexity index is 996. The SMILES string of the molecule is CCCN(c1ccncc1)n1cc(C=O)c2ccccc21.O=C(O)C=CC(=O)O. The molecule has 0 saturated heterocycles. The number of carbonyl (C=O) groups excluding carboxylic acids is 1. The highest BCUT2D eigenvalue weighted by atomic mass is 16.4. The molecule has 0 fully saturated rings. The molecule has 1 aromatic carbocycles. The maximum Gasteiger partial charge on any atom is 0.328 e. The summed E-state index contributed by atoms with van der Waals surface area (Å²) >= 11 is 0. The third kappa shape index (κ3) is 5.77. The van der Waals surface area contributed by atoms with Crippen molar-refractivity contribution in [3.05, 3.63) is 72.7 Å². The Hall–Kier alpha value is -3.94. The summed E-state index contributed by atoms with van der Waals surface area (Å²) in [6.07, 6.45) is 8.49. The Labute approximate surface area is 167 Å². The van der Waals surface area contributed by atoms with Crippen LogP contribution in [0.5, 0.6) is 0 Å². The van der Waals surface area contributed by atoms with Crippen LogP contribution in [0.3, 0.4) is 0 Å². The summed E-state index contributed by atoms with van der Waals surface area (Å²) in [7, 11) is 0. The molecular weight excluding hydrogens is 374 g/mol. The minimum atomic E-state index is -1.26. The molecule has 0 aliphatic carbocycles. The molecule has 0 atom stereocenters. The van der Waals surface area contributed by atoms with Crippen molar-refractivity contribution in [3.63, 3.8) is 0 Å². The van der Waals surface area contributed by atoms with Gasteiger partial charge in [-0.25, -0.2) is 9.59 Å². The highest BCUT2D eigenvalue weighted by Gasteiger charge is 2.13. The summed E-state index contributed by atoms with van der Waals surface area (Å²) in [5.41, 5.74) is 2.80. The Balaban J connectivity index is 0.000000321. The normalized spacial score (nSPS) is 10.4. The van der Waals surface area contributed by atoms with Gasteiger partial charge in [-0.15, -0.1) is 0 Å². The lowest BCUT2D eigenvalue weighted by molar-refractivity contribution is -0.134. The van der Waals surface area contributed by atoms with E-state index in [0.29, 0.717) is 17.7 Å². The Kier molecular flexibility index (Phi) is 7.67. The smallest absolute Gasteiger partial charge is 0.328 e. The molecular formula is C21H21N3O5. The van der Waals surface area contributed by atoms with E-state index in [1.165, 1.54) is 0 Å². The van der Waals surface area contributed by atoms with E-state index in [0.717, 1.165) is 35.8 Å². The summed E-state index contributed by atoms with van der Waals surface area (Å²) < 4.78 is 2.05. The zero-order valence-electron chi connectivity index (χ0n) is 15.8. The van der Waals surface area contributed by atoms with E-state index in [4.69, 9.17) is 10.2 Å². The first kappa shape index (κ1) is 21.4. The number of carboxylic acids is 2. The van der Waals surface area contributed by atoms with Crippen molar-refractivity contribution in [3.8, 4) is 0 Å². The van der Waals surface area contributed by atoms with Gasteiger partial charge in [0.05, 0.1) is 11.2 Å². The number of nitrogens with zero attached hydrogens (tertiary/aromatic N) is 3. The fraction of sp³-hybridized carbons (Fsp3) is 0.143. The van der Waals surface area contributed by atoms with Crippen molar-refractivity contribution in [2.24, 2.45) is 0 Å². The monoisotopic (exact) mass is 395 g/mol. The standard InChI is InChI=1S/C17H17N3O.C4H4O4/c1-2-11-19(15-7-9-18-10-8-15)20-12-14(13-21)16-5-3-4-6-17(16)20;5-3(6)1-2-4(7)8/h3-10,12-13H,2,11H2,1H3;1-2H,(H,5,6)(H,7,8). The molecule has 3 aromatic rings. The molecule has 0 saturated carbocycles. The number of anilines is 1. The van der Waals surface area contributed by atoms with Crippen LogP contribution in [0.25, 0.3) is 10.9 Å². The van der Waals surface area contributed by atoms with E-state index in [2.05, 4.69) is 21.6 Å². The number of aliphatic carboxylic acids is 2. The van der Waals surface area contributed by atoms with Gasteiger partial charge in [0, 0.05) is 48.2 Å². The Morgan fingerprint density at radius 1 is 1.07 bits per heavy atom. The first-order valence-electron chi connectivity index (χ1n) is 8.85. The van der Waals surface area contributed by atoms with Crippen molar-refractivity contribution in [1.82, 2.24) is 9.66 Å². The van der Waals surface area contributed by atoms with Gasteiger partial charge in [0.1, 0.15) is 0 Å². The van der Waals surface area contributed by atoms with Crippen molar-refractivity contribution < 1.29 is 24.6 Å². The average Bonchev–Trinajstić information content (AvgIpc) is 3.10. The Morgan fingerprint density at radius 3 is 2.24 bits per heavy atom. The molecule has 150 valence electrons. The maximum absolute atomic E-state index is 11.3. The van der Waals surface area contributed by atoms with Crippen LogP contribution in [0.15, 0.2) is 67.1 Å². The summed E-state index contributed by atoms with van der Waals surface area (Å²) in [4.78, 5) is 34.5. The molecule has 0 spiro atoms. The second kappa shape index (κ2) is 10.4. The second-order valence-electron chi connectivity index (χ2n) is 5.90. The molecule has 8 heteroatoms. The van der Waals surface area contributed by atoms with Gasteiger partial charge in [-0.2, -0.15) is 0 Å². The average molecular weight is 395 g/mol. The lowest BCUT2D eigenvalue weighted by atomic mass is 10.2. The molecule has 3 rings (SSSR count). The highest BCUT2D eigenvalue weighted by molar-refractivity contribution is 5.98. The number of para-hydroxylation sites is 1. The number of fused-ring (bicyclic) bond motifs is 1. The molecule has 0 amide bonds. The summed E-state index contributed by atoms with van der Waals surface area (Å²) in [5.74, 6) is -2.51. The third-order valence-corrected chi connectivity index (χ3v) is 3.87. The highest BCUT2D eigenvalue weighted by Crippen LogP contribution is 2.24. The van der Waals surface area contributed by atoms with Gasteiger partial charge in [0.15, 0.2) is 6.29 Å². The number of aldehydes is 1. The third-order valence-electron chi connectivity index (χ3n) is 3.87. The van der Waals surface area contributed by atoms with Crippen molar-refractivity contribution in [2.75, 3.05) is 11.6 Å². The number of carboxylic acid groups (broad SMARTS) is 2. The van der Waals surface area contributed by atoms with E-state index in [1.54, 1.807) is 12.4 Å². The molecule has 8 nitrogen and oxygen atoms in total. The van der Waals surface area contributed by atoms with Crippen LogP contribution in [0, 0.1) is 0 Å². The zero-order chi connectivity index (χ0) is 21.2. The number of benzene rings is 1. The van der Waals surface area contributed by atoms with Crippen LogP contribution < -0.4 is 5.01 Å². The zero-order valence-corrected chi connectivity index (χ0v) is 15.8. The molecule has 0 bridgehead atoms. The number of aromatic nitrogens is 2. The predicted octanol–water partition coefficient (Wildman–Crippen LogP) is 3.24. The van der Waals surface area contributed by atoms with Gasteiger partial charge in [0.2, 0.25) is 0 Å². The Morgan fingerprint density at radius 2 is 1.69 bits per heavy atom. The van der Waals surface area contributed by atoms with Gasteiger partial charge in [-0.1, -0.05) is 25.1 Å². The summed E-state index contributed by atoms with van der Waals surface area (Å²) in [6, 6.07) is 11.9. The quantitative estimate of drug-likeness (QED) is 0.466. The van der Waals surface area contributed by atoms with Crippen molar-refractivity contribution in [2.45, 2.75) is 13.3 Å². The van der Waals surface area contributed by atoms with E-state index >= 15 is 0 Å². The first-order chi connectivity index (χ1) is 14.0. The van der Waals surface area contributed by atoms with Crippen LogP contribution in [0.1, 0.15) is 23.7 Å². The van der Waals surface area contributed by atoms with E-state index < -0.39 is 11.9 Å². The van der Waals surface area contributed by atoms with Gasteiger partial charge < -0.3 is 10.2 Å². The molecule has 2 N–H and O–H groups in total. The lowest BCUT2D eigenvalue weighted by Gasteiger charge is -2.26. The van der Waals surface area contributed by atoms with Crippen LogP contribution in [-0.2, 0) is 9.59 Å². The first-order valence-corrected chi connectivity index (χ1v) is 8.85. The molecule has 2 heterocycles. The van der Waals surface area contributed by atoms with Crippen LogP contribution in [-0.4, -0.2) is 44.6 Å². The predicted molar refractivity (Wildman–Crippen MR) is 109 cm³/mol. The lowest BCUT2D eigenvalue weighted by Crippen LogP contribution is -2.29. The fourth-order valence-corrected chi connectivity index (χ4v) is 2.71. The number of hydrogen-bond donors (Lipinski definition) is 2. The molecule has 2 aromatic heterocycles. The van der Waals surface area contributed by atoms with E-state index in [9.17, 15) is 14.4 Å². The van der Waals surface area contributed by atoms with Crippen LogP contribution >= 0.6 is 0 Å². The minimum Gasteiger partial charge on any atom is -0.478 e. The van der Waals surface area contributed by atoms with Gasteiger partial charge >= 0.3 is 11.9 Å². The van der Waals surface area contributed by atoms with Gasteiger partial charge in [-0.05, 0) is 24.6 Å². The topological polar surface area (TPSA) is 113 Å². The largest absolute Gasteiger partial charge is 0.478 e. The molecule has 29 heavy (non-hydrogen) atoms. The van der Waals surface area contributed by atoms with Crippen molar-refractivity contribution >= 4 is 34.8 Å². The molecule has 0 radical (unpaired) electrons. The number of rotatable bonds is 7. The summed E-state index contributed by atoms with van der Waals surface area (Å²) in [5, 5.41) is 18.8. The fourth-order valence-electron chi connectivity index (χ4n) is 2.71. The molecule has 0 aliphatic rings. The number of carbonyl (C=O) groups is 3. The van der Waals surface area contributed by atoms with Gasteiger partial charge in [0.25, 0.3) is 0 Å². The van der Waals surface area contributed by atoms with Crippen molar-refractivity contribution in [1.29, 1.82) is 0 Å². The molecule has 0 aliphatic heterocycles. The maximum atomic E-state index is 11.3. The van der Waals surface area contributed by atoms with E-state index in [1.807, 2.05) is 42.6 Å². The van der Waals surface area contributed by atoms with E-state index in [-0.39, 0.29) is 0 Å². The van der Waals surface area contributed by atoms with Crippen LogP contribution in [0.2, 0.25) is 0 Å². The van der Waals surface area contributed by atoms with Gasteiger partial charge in [-0.3, -0.25) is 19.5 Å². The summed E-state index contributed by atoms with van der Waals surface area (Å²) in [6.45, 7) is 3.00. The molecule has 0 unspecified atom stereocenters. The second-order valence-corrected chi connectivity index (χ2v) is 5.90.